The molecular formula is C42H66O5. The maximum absolute atomic E-state index is 13.0. The second-order valence-corrected chi connectivity index (χ2v) is 13.6. The van der Waals surface area contributed by atoms with Crippen molar-refractivity contribution in [2.45, 2.75) is 181 Å². The Morgan fingerprint density at radius 1 is 0.489 bits per heavy atom. The Morgan fingerprint density at radius 2 is 0.787 bits per heavy atom. The maximum atomic E-state index is 13.0. The van der Waals surface area contributed by atoms with E-state index < -0.39 is 5.79 Å². The molecule has 47 heavy (non-hydrogen) atoms. The lowest BCUT2D eigenvalue weighted by molar-refractivity contribution is -0.228. The predicted molar refractivity (Wildman–Crippen MR) is 195 cm³/mol. The number of esters is 2. The van der Waals surface area contributed by atoms with Gasteiger partial charge in [-0.3, -0.25) is 9.59 Å². The van der Waals surface area contributed by atoms with Gasteiger partial charge >= 0.3 is 11.9 Å². The van der Waals surface area contributed by atoms with Crippen molar-refractivity contribution in [2.75, 3.05) is 0 Å². The Labute approximate surface area is 287 Å². The summed E-state index contributed by atoms with van der Waals surface area (Å²) < 4.78 is 11.9. The molecule has 0 radical (unpaired) electrons. The fourth-order valence-electron chi connectivity index (χ4n) is 6.16. The summed E-state index contributed by atoms with van der Waals surface area (Å²) in [6, 6.07) is 14.6. The number of phenols is 1. The molecule has 0 aromatic heterocycles. The topological polar surface area (TPSA) is 72.8 Å². The van der Waals surface area contributed by atoms with E-state index in [2.05, 4.69) is 13.8 Å². The highest BCUT2D eigenvalue weighted by molar-refractivity contribution is 5.72. The summed E-state index contributed by atoms with van der Waals surface area (Å²) in [6.07, 6.45) is 27.4. The van der Waals surface area contributed by atoms with Gasteiger partial charge in [0.2, 0.25) is 0 Å². The van der Waals surface area contributed by atoms with Crippen LogP contribution in [0.15, 0.2) is 48.5 Å². The van der Waals surface area contributed by atoms with Gasteiger partial charge < -0.3 is 14.6 Å². The van der Waals surface area contributed by atoms with Gasteiger partial charge in [0.25, 0.3) is 5.79 Å². The van der Waals surface area contributed by atoms with E-state index >= 15 is 0 Å². The van der Waals surface area contributed by atoms with Crippen molar-refractivity contribution in [3.8, 4) is 16.9 Å². The van der Waals surface area contributed by atoms with Gasteiger partial charge in [0.1, 0.15) is 5.75 Å². The van der Waals surface area contributed by atoms with E-state index in [9.17, 15) is 14.7 Å². The zero-order valence-electron chi connectivity index (χ0n) is 30.2. The Bertz CT molecular complexity index is 1040. The monoisotopic (exact) mass is 650 g/mol. The molecule has 0 saturated carbocycles. The number of aromatic hydroxyl groups is 1. The molecule has 0 aliphatic rings. The number of carbonyl (C=O) groups excluding carboxylic acids is 2. The average molecular weight is 651 g/mol. The highest BCUT2D eigenvalue weighted by Crippen LogP contribution is 2.31. The summed E-state index contributed by atoms with van der Waals surface area (Å²) in [5.74, 6) is -1.95. The zero-order valence-corrected chi connectivity index (χ0v) is 30.2. The molecule has 2 rings (SSSR count). The first kappa shape index (κ1) is 40.4. The van der Waals surface area contributed by atoms with Crippen LogP contribution in [0.1, 0.15) is 180 Å². The molecule has 2 aromatic carbocycles. The molecule has 0 aliphatic carbocycles. The van der Waals surface area contributed by atoms with Crippen molar-refractivity contribution in [3.05, 3.63) is 54.1 Å². The molecule has 264 valence electrons. The fraction of sp³-hybridized carbons (Fsp3) is 0.667. The van der Waals surface area contributed by atoms with Crippen molar-refractivity contribution < 1.29 is 24.2 Å². The number of rotatable bonds is 28. The van der Waals surface area contributed by atoms with Gasteiger partial charge in [0.15, 0.2) is 0 Å². The van der Waals surface area contributed by atoms with Crippen LogP contribution < -0.4 is 0 Å². The van der Waals surface area contributed by atoms with E-state index in [1.165, 1.54) is 103 Å². The lowest BCUT2D eigenvalue weighted by Gasteiger charge is -2.30. The first-order chi connectivity index (χ1) is 22.9. The number of phenolic OH excluding ortho intramolecular Hbond substituents is 1. The van der Waals surface area contributed by atoms with E-state index in [1.807, 2.05) is 36.4 Å². The van der Waals surface area contributed by atoms with Crippen LogP contribution in [0.25, 0.3) is 11.1 Å². The van der Waals surface area contributed by atoms with Crippen LogP contribution in [0, 0.1) is 0 Å². The van der Waals surface area contributed by atoms with Gasteiger partial charge in [-0.05, 0) is 36.1 Å². The summed E-state index contributed by atoms with van der Waals surface area (Å²) in [5, 5.41) is 9.64. The minimum Gasteiger partial charge on any atom is -0.508 e. The molecule has 0 atom stereocenters. The number of unbranched alkanes of at least 4 members (excludes halogenated alkanes) is 20. The van der Waals surface area contributed by atoms with Gasteiger partial charge in [-0.1, -0.05) is 179 Å². The minimum absolute atomic E-state index is 0.215. The molecule has 0 unspecified atom stereocenters. The molecule has 5 nitrogen and oxygen atoms in total. The van der Waals surface area contributed by atoms with E-state index in [4.69, 9.17) is 9.47 Å². The third-order valence-corrected chi connectivity index (χ3v) is 9.20. The second kappa shape index (κ2) is 25.2. The number of hydrogen-bond acceptors (Lipinski definition) is 5. The molecular weight excluding hydrogens is 584 g/mol. The summed E-state index contributed by atoms with van der Waals surface area (Å²) in [7, 11) is 0. The van der Waals surface area contributed by atoms with Crippen LogP contribution in [0.2, 0.25) is 0 Å². The highest BCUT2D eigenvalue weighted by atomic mass is 16.7. The third kappa shape index (κ3) is 18.3. The Hall–Kier alpha value is -2.82. The largest absolute Gasteiger partial charge is 0.508 e. The average Bonchev–Trinajstić information content (AvgIpc) is 3.06. The van der Waals surface area contributed by atoms with Crippen LogP contribution in [-0.2, 0) is 24.8 Å². The summed E-state index contributed by atoms with van der Waals surface area (Å²) in [5.41, 5.74) is 2.54. The molecule has 1 N–H and O–H groups in total. The maximum Gasteiger partial charge on any atom is 0.309 e. The Kier molecular flexibility index (Phi) is 21.7. The van der Waals surface area contributed by atoms with E-state index in [0.29, 0.717) is 18.4 Å². The molecule has 5 heteroatoms. The van der Waals surface area contributed by atoms with Gasteiger partial charge in [0, 0.05) is 25.3 Å². The number of benzene rings is 2. The van der Waals surface area contributed by atoms with Crippen LogP contribution in [-0.4, -0.2) is 17.0 Å². The SMILES string of the molecule is CCCCCCCCCCCCCC(=O)OC(C)(OC(=O)CCCCCCCCCCCCC)c1ccc(-c2ccc(O)cc2)cc1. The number of ether oxygens (including phenoxy) is 2. The van der Waals surface area contributed by atoms with Crippen LogP contribution in [0.5, 0.6) is 5.75 Å². The molecule has 0 heterocycles. The molecule has 0 amide bonds. The van der Waals surface area contributed by atoms with Crippen LogP contribution in [0.4, 0.5) is 0 Å². The first-order valence-corrected chi connectivity index (χ1v) is 19.2. The van der Waals surface area contributed by atoms with E-state index in [1.54, 1.807) is 19.1 Å². The van der Waals surface area contributed by atoms with Crippen molar-refractivity contribution in [2.24, 2.45) is 0 Å². The van der Waals surface area contributed by atoms with Crippen LogP contribution >= 0.6 is 0 Å². The lowest BCUT2D eigenvalue weighted by atomic mass is 10.0. The third-order valence-electron chi connectivity index (χ3n) is 9.20. The zero-order chi connectivity index (χ0) is 34.0. The second-order valence-electron chi connectivity index (χ2n) is 13.6. The highest BCUT2D eigenvalue weighted by Gasteiger charge is 2.35. The number of carbonyl (C=O) groups is 2. The molecule has 0 aliphatic heterocycles. The quantitative estimate of drug-likeness (QED) is 0.0563. The predicted octanol–water partition coefficient (Wildman–Crippen LogP) is 12.7. The van der Waals surface area contributed by atoms with E-state index in [0.717, 1.165) is 49.7 Å². The fourth-order valence-corrected chi connectivity index (χ4v) is 6.16. The molecule has 0 bridgehead atoms. The summed E-state index contributed by atoms with van der Waals surface area (Å²) >= 11 is 0. The molecule has 0 fully saturated rings. The van der Waals surface area contributed by atoms with Gasteiger partial charge in [-0.25, -0.2) is 0 Å². The molecule has 2 aromatic rings. The van der Waals surface area contributed by atoms with Crippen molar-refractivity contribution >= 4 is 11.9 Å². The van der Waals surface area contributed by atoms with Crippen molar-refractivity contribution in [1.82, 2.24) is 0 Å². The van der Waals surface area contributed by atoms with Crippen molar-refractivity contribution in [1.29, 1.82) is 0 Å². The van der Waals surface area contributed by atoms with Crippen LogP contribution in [0.3, 0.4) is 0 Å². The standard InChI is InChI=1S/C42H66O5/c1-4-6-8-10-12-14-16-18-20-22-24-26-40(44)46-42(3,38-32-28-36(29-33-38)37-30-34-39(43)35-31-37)47-41(45)27-25-23-21-19-17-15-13-11-9-7-5-2/h28-35,43H,4-27H2,1-3H3. The van der Waals surface area contributed by atoms with Crippen molar-refractivity contribution in [3.63, 3.8) is 0 Å². The molecule has 0 saturated heterocycles. The van der Waals surface area contributed by atoms with Gasteiger partial charge in [-0.2, -0.15) is 0 Å². The lowest BCUT2D eigenvalue weighted by Crippen LogP contribution is -2.34. The summed E-state index contributed by atoms with van der Waals surface area (Å²) in [6.45, 7) is 6.18. The summed E-state index contributed by atoms with van der Waals surface area (Å²) in [4.78, 5) is 26.0. The molecule has 0 spiro atoms. The first-order valence-electron chi connectivity index (χ1n) is 19.2. The Morgan fingerprint density at radius 3 is 1.13 bits per heavy atom. The normalized spacial score (nSPS) is 11.5. The van der Waals surface area contributed by atoms with E-state index in [-0.39, 0.29) is 17.7 Å². The Balaban J connectivity index is 1.84. The minimum atomic E-state index is -1.49. The van der Waals surface area contributed by atoms with Gasteiger partial charge in [0.05, 0.1) is 0 Å². The smallest absolute Gasteiger partial charge is 0.309 e. The number of hydrogen-bond donors (Lipinski definition) is 1. The van der Waals surface area contributed by atoms with Gasteiger partial charge in [-0.15, -0.1) is 0 Å².